The Morgan fingerprint density at radius 2 is 2.00 bits per heavy atom. The van der Waals surface area contributed by atoms with Gasteiger partial charge in [-0.05, 0) is 18.6 Å². The van der Waals surface area contributed by atoms with Crippen LogP contribution in [0.15, 0.2) is 48.2 Å². The lowest BCUT2D eigenvalue weighted by atomic mass is 9.91. The highest BCUT2D eigenvalue weighted by molar-refractivity contribution is 5.95. The van der Waals surface area contributed by atoms with E-state index in [4.69, 9.17) is 9.47 Å². The van der Waals surface area contributed by atoms with Crippen molar-refractivity contribution in [1.82, 2.24) is 10.2 Å². The van der Waals surface area contributed by atoms with E-state index in [1.807, 2.05) is 0 Å². The van der Waals surface area contributed by atoms with Gasteiger partial charge in [0.15, 0.2) is 0 Å². The smallest absolute Gasteiger partial charge is 0.416 e. The number of amides is 2. The van der Waals surface area contributed by atoms with E-state index in [9.17, 15) is 22.8 Å². The molecule has 2 rings (SSSR count). The first-order valence-corrected chi connectivity index (χ1v) is 8.44. The van der Waals surface area contributed by atoms with E-state index in [-0.39, 0.29) is 36.6 Å². The first kappa shape index (κ1) is 21.5. The SMILES string of the molecule is C=CCN1C(=O)N[C@H](c2ccccc2C(F)(F)F)C(C(=O)OCCOC)=C1C. The number of alkyl halides is 3. The number of hydrogen-bond acceptors (Lipinski definition) is 4. The average Bonchev–Trinajstić information content (AvgIpc) is 2.64. The molecule has 1 atom stereocenters. The van der Waals surface area contributed by atoms with Gasteiger partial charge in [-0.15, -0.1) is 6.58 Å². The highest BCUT2D eigenvalue weighted by Crippen LogP contribution is 2.39. The summed E-state index contributed by atoms with van der Waals surface area (Å²) >= 11 is 0. The van der Waals surface area contributed by atoms with Gasteiger partial charge in [-0.25, -0.2) is 9.59 Å². The third-order valence-electron chi connectivity index (χ3n) is 4.23. The van der Waals surface area contributed by atoms with Gasteiger partial charge in [0.2, 0.25) is 0 Å². The molecule has 28 heavy (non-hydrogen) atoms. The van der Waals surface area contributed by atoms with Crippen molar-refractivity contribution in [2.75, 3.05) is 26.9 Å². The summed E-state index contributed by atoms with van der Waals surface area (Å²) in [7, 11) is 1.42. The van der Waals surface area contributed by atoms with Gasteiger partial charge in [-0.3, -0.25) is 4.90 Å². The summed E-state index contributed by atoms with van der Waals surface area (Å²) in [5, 5.41) is 2.48. The third kappa shape index (κ3) is 4.53. The molecule has 0 radical (unpaired) electrons. The van der Waals surface area contributed by atoms with Crippen molar-refractivity contribution in [2.45, 2.75) is 19.1 Å². The highest BCUT2D eigenvalue weighted by atomic mass is 19.4. The topological polar surface area (TPSA) is 67.9 Å². The van der Waals surface area contributed by atoms with Crippen LogP contribution in [-0.2, 0) is 20.4 Å². The molecule has 152 valence electrons. The fraction of sp³-hybridized carbons (Fsp3) is 0.368. The van der Waals surface area contributed by atoms with Crippen LogP contribution in [0.3, 0.4) is 0 Å². The molecule has 0 bridgehead atoms. The fourth-order valence-electron chi connectivity index (χ4n) is 2.93. The monoisotopic (exact) mass is 398 g/mol. The maximum absolute atomic E-state index is 13.5. The lowest BCUT2D eigenvalue weighted by Gasteiger charge is -2.35. The Balaban J connectivity index is 2.57. The molecule has 0 unspecified atom stereocenters. The van der Waals surface area contributed by atoms with Crippen LogP contribution < -0.4 is 5.32 Å². The normalized spacial score (nSPS) is 17.4. The number of rotatable bonds is 7. The van der Waals surface area contributed by atoms with Crippen molar-refractivity contribution >= 4 is 12.0 Å². The molecular weight excluding hydrogens is 377 g/mol. The largest absolute Gasteiger partial charge is 0.460 e. The third-order valence-corrected chi connectivity index (χ3v) is 4.23. The van der Waals surface area contributed by atoms with Crippen molar-refractivity contribution in [3.63, 3.8) is 0 Å². The standard InChI is InChI=1S/C19H21F3N2O4/c1-4-9-24-12(2)15(17(25)28-11-10-27-3)16(23-18(24)26)13-7-5-6-8-14(13)19(20,21)22/h4-8,16H,1,9-11H2,2-3H3,(H,23,26)/t16-/m1/s1. The zero-order valence-electron chi connectivity index (χ0n) is 15.5. The summed E-state index contributed by atoms with van der Waals surface area (Å²) in [5.41, 5.74) is -1.05. The zero-order chi connectivity index (χ0) is 20.9. The number of carbonyl (C=O) groups excluding carboxylic acids is 2. The lowest BCUT2D eigenvalue weighted by molar-refractivity contribution is -0.142. The quantitative estimate of drug-likeness (QED) is 0.434. The predicted molar refractivity (Wildman–Crippen MR) is 95.2 cm³/mol. The van der Waals surface area contributed by atoms with Crippen LogP contribution in [0.2, 0.25) is 0 Å². The van der Waals surface area contributed by atoms with Crippen LogP contribution in [0.25, 0.3) is 0 Å². The molecule has 0 spiro atoms. The van der Waals surface area contributed by atoms with E-state index in [1.165, 1.54) is 43.2 Å². The predicted octanol–water partition coefficient (Wildman–Crippen LogP) is 3.42. The molecule has 0 saturated heterocycles. The molecule has 1 aromatic rings. The van der Waals surface area contributed by atoms with E-state index in [0.29, 0.717) is 0 Å². The van der Waals surface area contributed by atoms with Crippen molar-refractivity contribution in [3.8, 4) is 0 Å². The van der Waals surface area contributed by atoms with E-state index in [0.717, 1.165) is 6.07 Å². The zero-order valence-corrected chi connectivity index (χ0v) is 15.5. The molecule has 0 aliphatic carbocycles. The number of esters is 1. The van der Waals surface area contributed by atoms with Gasteiger partial charge in [0, 0.05) is 19.4 Å². The van der Waals surface area contributed by atoms with E-state index in [2.05, 4.69) is 11.9 Å². The van der Waals surface area contributed by atoms with Crippen LogP contribution >= 0.6 is 0 Å². The number of nitrogens with zero attached hydrogens (tertiary/aromatic N) is 1. The summed E-state index contributed by atoms with van der Waals surface area (Å²) in [6.07, 6.45) is -3.21. The van der Waals surface area contributed by atoms with Crippen molar-refractivity contribution in [1.29, 1.82) is 0 Å². The van der Waals surface area contributed by atoms with E-state index >= 15 is 0 Å². The summed E-state index contributed by atoms with van der Waals surface area (Å²) in [6.45, 7) is 5.18. The highest BCUT2D eigenvalue weighted by Gasteiger charge is 2.41. The minimum atomic E-state index is -4.65. The first-order valence-electron chi connectivity index (χ1n) is 8.44. The second-order valence-electron chi connectivity index (χ2n) is 5.99. The second kappa shape index (κ2) is 8.92. The van der Waals surface area contributed by atoms with Crippen molar-refractivity contribution in [3.05, 3.63) is 59.3 Å². The molecular formula is C19H21F3N2O4. The molecule has 9 heteroatoms. The summed E-state index contributed by atoms with van der Waals surface area (Å²) in [4.78, 5) is 26.3. The number of allylic oxidation sites excluding steroid dienone is 1. The molecule has 1 aliphatic heterocycles. The molecule has 6 nitrogen and oxygen atoms in total. The van der Waals surface area contributed by atoms with Gasteiger partial charge in [0.1, 0.15) is 6.61 Å². The Labute approximate surface area is 160 Å². The Morgan fingerprint density at radius 1 is 1.32 bits per heavy atom. The summed E-state index contributed by atoms with van der Waals surface area (Å²) < 4.78 is 50.4. The van der Waals surface area contributed by atoms with Gasteiger partial charge in [0.05, 0.1) is 23.8 Å². The van der Waals surface area contributed by atoms with Gasteiger partial charge < -0.3 is 14.8 Å². The lowest BCUT2D eigenvalue weighted by Crippen LogP contribution is -2.48. The van der Waals surface area contributed by atoms with Crippen LogP contribution in [-0.4, -0.2) is 43.8 Å². The van der Waals surface area contributed by atoms with Crippen LogP contribution in [0, 0.1) is 0 Å². The number of methoxy groups -OCH3 is 1. The van der Waals surface area contributed by atoms with Crippen molar-refractivity contribution in [2.24, 2.45) is 0 Å². The Morgan fingerprint density at radius 3 is 2.61 bits per heavy atom. The number of ether oxygens (including phenoxy) is 2. The van der Waals surface area contributed by atoms with Gasteiger partial charge in [-0.1, -0.05) is 24.3 Å². The molecule has 1 aromatic carbocycles. The average molecular weight is 398 g/mol. The number of halogens is 3. The van der Waals surface area contributed by atoms with E-state index in [1.54, 1.807) is 0 Å². The summed E-state index contributed by atoms with van der Waals surface area (Å²) in [6, 6.07) is 2.85. The molecule has 1 aliphatic rings. The Bertz CT molecular complexity index is 790. The maximum atomic E-state index is 13.5. The maximum Gasteiger partial charge on any atom is 0.416 e. The van der Waals surface area contributed by atoms with Gasteiger partial charge in [0.25, 0.3) is 0 Å². The van der Waals surface area contributed by atoms with Crippen LogP contribution in [0.1, 0.15) is 24.1 Å². The van der Waals surface area contributed by atoms with E-state index < -0.39 is 29.8 Å². The Kier molecular flexibility index (Phi) is 6.85. The second-order valence-corrected chi connectivity index (χ2v) is 5.99. The number of hydrogen-bond donors (Lipinski definition) is 1. The molecule has 1 heterocycles. The minimum Gasteiger partial charge on any atom is -0.460 e. The van der Waals surface area contributed by atoms with Crippen LogP contribution in [0.4, 0.5) is 18.0 Å². The fourth-order valence-corrected chi connectivity index (χ4v) is 2.93. The van der Waals surface area contributed by atoms with Crippen molar-refractivity contribution < 1.29 is 32.2 Å². The number of urea groups is 1. The summed E-state index contributed by atoms with van der Waals surface area (Å²) in [5.74, 6) is -0.828. The molecule has 2 amide bonds. The molecule has 0 saturated carbocycles. The number of nitrogens with one attached hydrogen (secondary N) is 1. The van der Waals surface area contributed by atoms with Gasteiger partial charge >= 0.3 is 18.2 Å². The number of benzene rings is 1. The van der Waals surface area contributed by atoms with Crippen LogP contribution in [0.5, 0.6) is 0 Å². The Hall–Kier alpha value is -2.81. The number of carbonyl (C=O) groups is 2. The van der Waals surface area contributed by atoms with Gasteiger partial charge in [-0.2, -0.15) is 13.2 Å². The first-order chi connectivity index (χ1) is 13.2. The molecule has 0 fully saturated rings. The molecule has 1 N–H and O–H groups in total. The molecule has 0 aromatic heterocycles. The minimum absolute atomic E-state index is 0.0743.